The van der Waals surface area contributed by atoms with Crippen LogP contribution in [-0.4, -0.2) is 11.2 Å². The van der Waals surface area contributed by atoms with Crippen molar-refractivity contribution in [3.63, 3.8) is 0 Å². The second-order valence-electron chi connectivity index (χ2n) is 3.10. The molecule has 0 amide bonds. The summed E-state index contributed by atoms with van der Waals surface area (Å²) in [7, 11) is 0. The molecule has 0 aromatic rings. The minimum Gasteiger partial charge on any atom is -0.380 e. The summed E-state index contributed by atoms with van der Waals surface area (Å²) in [6.07, 6.45) is 3.87. The van der Waals surface area contributed by atoms with E-state index in [1.807, 2.05) is 0 Å². The Morgan fingerprint density at radius 2 is 1.75 bits per heavy atom. The van der Waals surface area contributed by atoms with Crippen LogP contribution in [-0.2, 0) is 0 Å². The molecule has 0 aliphatic rings. The molecule has 1 N–H and O–H groups in total. The maximum absolute atomic E-state index is 9.56. The van der Waals surface area contributed by atoms with E-state index in [0.717, 1.165) is 25.7 Å². The first-order chi connectivity index (χ1) is 5.76. The number of hydrogen-bond acceptors (Lipinski definition) is 1. The summed E-state index contributed by atoms with van der Waals surface area (Å²) in [6.45, 7) is 7.67. The third kappa shape index (κ3) is 4.41. The molecular formula is C11H19O. The zero-order valence-corrected chi connectivity index (χ0v) is 8.14. The van der Waals surface area contributed by atoms with Crippen LogP contribution in [0.25, 0.3) is 0 Å². The summed E-state index contributed by atoms with van der Waals surface area (Å²) in [4.78, 5) is 0. The van der Waals surface area contributed by atoms with Gasteiger partial charge in [-0.05, 0) is 18.8 Å². The molecule has 1 heteroatoms. The summed E-state index contributed by atoms with van der Waals surface area (Å²) in [5, 5.41) is 9.56. The lowest BCUT2D eigenvalue weighted by Gasteiger charge is -2.17. The molecule has 1 nitrogen and oxygen atoms in total. The number of rotatable bonds is 5. The molecule has 1 unspecified atom stereocenters. The van der Waals surface area contributed by atoms with E-state index in [1.54, 1.807) is 0 Å². The van der Waals surface area contributed by atoms with Crippen molar-refractivity contribution in [1.82, 2.24) is 0 Å². The van der Waals surface area contributed by atoms with E-state index in [-0.39, 0.29) is 0 Å². The summed E-state index contributed by atoms with van der Waals surface area (Å²) < 4.78 is 0. The van der Waals surface area contributed by atoms with Gasteiger partial charge in [0.1, 0.15) is 6.10 Å². The number of aliphatic hydroxyl groups is 1. The van der Waals surface area contributed by atoms with Gasteiger partial charge in [0.15, 0.2) is 0 Å². The van der Waals surface area contributed by atoms with Gasteiger partial charge in [0.2, 0.25) is 0 Å². The molecule has 12 heavy (non-hydrogen) atoms. The second kappa shape index (κ2) is 7.18. The smallest absolute Gasteiger partial charge is 0.117 e. The van der Waals surface area contributed by atoms with Gasteiger partial charge < -0.3 is 5.11 Å². The molecule has 1 radical (unpaired) electrons. The highest BCUT2D eigenvalue weighted by molar-refractivity contribution is 5.08. The predicted octanol–water partition coefficient (Wildman–Crippen LogP) is 2.40. The lowest BCUT2D eigenvalue weighted by molar-refractivity contribution is 0.147. The van der Waals surface area contributed by atoms with Crippen molar-refractivity contribution in [2.45, 2.75) is 45.6 Å². The Labute approximate surface area is 76.2 Å². The van der Waals surface area contributed by atoms with Crippen molar-refractivity contribution in [2.24, 2.45) is 5.92 Å². The van der Waals surface area contributed by atoms with Gasteiger partial charge in [-0.15, -0.1) is 0 Å². The van der Waals surface area contributed by atoms with E-state index < -0.39 is 6.10 Å². The Morgan fingerprint density at radius 3 is 2.08 bits per heavy atom. The highest BCUT2D eigenvalue weighted by atomic mass is 16.3. The predicted molar refractivity (Wildman–Crippen MR) is 52.4 cm³/mol. The molecule has 0 spiro atoms. The van der Waals surface area contributed by atoms with Crippen LogP contribution in [0.3, 0.4) is 0 Å². The van der Waals surface area contributed by atoms with Crippen LogP contribution in [0, 0.1) is 24.7 Å². The summed E-state index contributed by atoms with van der Waals surface area (Å²) in [6, 6.07) is 0. The molecule has 0 aliphatic carbocycles. The van der Waals surface area contributed by atoms with Crippen molar-refractivity contribution in [2.75, 3.05) is 0 Å². The Morgan fingerprint density at radius 1 is 1.25 bits per heavy atom. The topological polar surface area (TPSA) is 20.2 Å². The first kappa shape index (κ1) is 11.5. The van der Waals surface area contributed by atoms with Gasteiger partial charge in [0.05, 0.1) is 0 Å². The minimum absolute atomic E-state index is 0.342. The molecule has 0 aromatic carbocycles. The van der Waals surface area contributed by atoms with Gasteiger partial charge in [-0.1, -0.05) is 38.5 Å². The Bertz CT molecular complexity index is 146. The van der Waals surface area contributed by atoms with E-state index in [9.17, 15) is 5.11 Å². The molecule has 69 valence electrons. The summed E-state index contributed by atoms with van der Waals surface area (Å²) >= 11 is 0. The molecule has 0 heterocycles. The normalized spacial score (nSPS) is 12.4. The zero-order valence-electron chi connectivity index (χ0n) is 8.14. The minimum atomic E-state index is -0.470. The first-order valence-electron chi connectivity index (χ1n) is 4.71. The van der Waals surface area contributed by atoms with Crippen molar-refractivity contribution in [3.8, 4) is 11.8 Å². The van der Waals surface area contributed by atoms with Gasteiger partial charge in [-0.3, -0.25) is 0 Å². The Hall–Kier alpha value is -0.480. The Balaban J connectivity index is 3.95. The van der Waals surface area contributed by atoms with Crippen LogP contribution >= 0.6 is 0 Å². The standard InChI is InChI=1S/C11H19O/c1-4-7-10(8-5-2)11(12)9-6-3/h10-12H,3-5,7-8H2,1-2H3. The molecule has 0 aromatic heterocycles. The highest BCUT2D eigenvalue weighted by Gasteiger charge is 2.14. The molecule has 0 saturated heterocycles. The second-order valence-corrected chi connectivity index (χ2v) is 3.10. The fraction of sp³-hybridized carbons (Fsp3) is 0.727. The molecular weight excluding hydrogens is 148 g/mol. The quantitative estimate of drug-likeness (QED) is 0.623. The third-order valence-electron chi connectivity index (χ3n) is 2.02. The molecule has 0 aliphatic heterocycles. The summed E-state index contributed by atoms with van der Waals surface area (Å²) in [5.41, 5.74) is 0. The van der Waals surface area contributed by atoms with Crippen LogP contribution in [0.15, 0.2) is 0 Å². The van der Waals surface area contributed by atoms with Crippen molar-refractivity contribution >= 4 is 0 Å². The lowest BCUT2D eigenvalue weighted by Crippen LogP contribution is -2.18. The van der Waals surface area contributed by atoms with Crippen molar-refractivity contribution in [1.29, 1.82) is 0 Å². The van der Waals surface area contributed by atoms with Gasteiger partial charge >= 0.3 is 0 Å². The fourth-order valence-electron chi connectivity index (χ4n) is 1.42. The van der Waals surface area contributed by atoms with E-state index in [0.29, 0.717) is 5.92 Å². The number of hydrogen-bond donors (Lipinski definition) is 1. The number of aliphatic hydroxyl groups excluding tert-OH is 1. The SMILES string of the molecule is [CH2]C#CC(O)C(CCC)CCC. The largest absolute Gasteiger partial charge is 0.380 e. The van der Waals surface area contributed by atoms with Crippen molar-refractivity contribution < 1.29 is 5.11 Å². The van der Waals surface area contributed by atoms with Gasteiger partial charge in [-0.25, -0.2) is 0 Å². The maximum atomic E-state index is 9.56. The maximum Gasteiger partial charge on any atom is 0.117 e. The zero-order chi connectivity index (χ0) is 9.40. The van der Waals surface area contributed by atoms with E-state index in [2.05, 4.69) is 32.6 Å². The van der Waals surface area contributed by atoms with E-state index in [1.165, 1.54) is 0 Å². The van der Waals surface area contributed by atoms with Crippen LogP contribution in [0.5, 0.6) is 0 Å². The third-order valence-corrected chi connectivity index (χ3v) is 2.02. The first-order valence-corrected chi connectivity index (χ1v) is 4.71. The van der Waals surface area contributed by atoms with Gasteiger partial charge in [-0.2, -0.15) is 0 Å². The lowest BCUT2D eigenvalue weighted by atomic mass is 9.93. The average Bonchev–Trinajstić information content (AvgIpc) is 2.04. The average molecular weight is 167 g/mol. The van der Waals surface area contributed by atoms with Gasteiger partial charge in [0, 0.05) is 6.92 Å². The van der Waals surface area contributed by atoms with Crippen molar-refractivity contribution in [3.05, 3.63) is 6.92 Å². The van der Waals surface area contributed by atoms with E-state index >= 15 is 0 Å². The van der Waals surface area contributed by atoms with Crippen LogP contribution in [0.1, 0.15) is 39.5 Å². The fourth-order valence-corrected chi connectivity index (χ4v) is 1.42. The highest BCUT2D eigenvalue weighted by Crippen LogP contribution is 2.17. The monoisotopic (exact) mass is 167 g/mol. The van der Waals surface area contributed by atoms with Gasteiger partial charge in [0.25, 0.3) is 0 Å². The Kier molecular flexibility index (Phi) is 6.90. The summed E-state index contributed by atoms with van der Waals surface area (Å²) in [5.74, 6) is 5.57. The van der Waals surface area contributed by atoms with E-state index in [4.69, 9.17) is 0 Å². The molecule has 1 atom stereocenters. The van der Waals surface area contributed by atoms with Crippen LogP contribution in [0.4, 0.5) is 0 Å². The molecule has 0 fully saturated rings. The molecule has 0 rings (SSSR count). The molecule has 0 saturated carbocycles. The molecule has 0 bridgehead atoms. The van der Waals surface area contributed by atoms with Crippen LogP contribution < -0.4 is 0 Å². The van der Waals surface area contributed by atoms with Crippen LogP contribution in [0.2, 0.25) is 0 Å².